The Balaban J connectivity index is 4.01. The molecular formula is C16H26O4. The van der Waals surface area contributed by atoms with Crippen LogP contribution in [0.5, 0.6) is 0 Å². The molecule has 1 unspecified atom stereocenters. The smallest absolute Gasteiger partial charge is 0.307 e. The highest BCUT2D eigenvalue weighted by Crippen LogP contribution is 2.22. The molecule has 0 saturated carbocycles. The molecule has 0 saturated heterocycles. The van der Waals surface area contributed by atoms with Gasteiger partial charge in [0.25, 0.3) is 0 Å². The van der Waals surface area contributed by atoms with E-state index in [-0.39, 0.29) is 11.9 Å². The molecular weight excluding hydrogens is 256 g/mol. The van der Waals surface area contributed by atoms with Gasteiger partial charge in [0.1, 0.15) is 5.60 Å². The molecule has 0 amide bonds. The maximum atomic E-state index is 11.0. The molecule has 0 aliphatic rings. The van der Waals surface area contributed by atoms with Gasteiger partial charge in [0, 0.05) is 13.8 Å². The first-order chi connectivity index (χ1) is 9.26. The van der Waals surface area contributed by atoms with Crippen molar-refractivity contribution in [2.45, 2.75) is 59.0 Å². The van der Waals surface area contributed by atoms with Crippen LogP contribution < -0.4 is 0 Å². The lowest BCUT2D eigenvalue weighted by atomic mass is 9.94. The zero-order chi connectivity index (χ0) is 15.6. The molecule has 4 nitrogen and oxygen atoms in total. The van der Waals surface area contributed by atoms with Gasteiger partial charge in [-0.05, 0) is 51.5 Å². The molecule has 114 valence electrons. The van der Waals surface area contributed by atoms with Crippen LogP contribution in [0.2, 0.25) is 0 Å². The molecule has 0 aromatic carbocycles. The van der Waals surface area contributed by atoms with E-state index < -0.39 is 5.60 Å². The van der Waals surface area contributed by atoms with Crippen molar-refractivity contribution in [3.63, 3.8) is 0 Å². The Labute approximate surface area is 121 Å². The summed E-state index contributed by atoms with van der Waals surface area (Å²) in [5, 5.41) is 0. The van der Waals surface area contributed by atoms with E-state index in [2.05, 4.69) is 6.58 Å². The first-order valence-electron chi connectivity index (χ1n) is 6.91. The molecule has 0 N–H and O–H groups in total. The van der Waals surface area contributed by atoms with Crippen LogP contribution in [0.25, 0.3) is 0 Å². The van der Waals surface area contributed by atoms with Gasteiger partial charge < -0.3 is 9.47 Å². The number of hydrogen-bond acceptors (Lipinski definition) is 4. The maximum absolute atomic E-state index is 11.0. The molecule has 0 spiro atoms. The van der Waals surface area contributed by atoms with Gasteiger partial charge in [0.05, 0.1) is 6.26 Å². The third kappa shape index (κ3) is 10.4. The van der Waals surface area contributed by atoms with E-state index >= 15 is 0 Å². The van der Waals surface area contributed by atoms with Gasteiger partial charge in [0.15, 0.2) is 0 Å². The second kappa shape index (κ2) is 9.34. The number of rotatable bonds is 9. The Morgan fingerprint density at radius 2 is 1.90 bits per heavy atom. The van der Waals surface area contributed by atoms with Crippen LogP contribution in [-0.4, -0.2) is 17.5 Å². The van der Waals surface area contributed by atoms with E-state index in [9.17, 15) is 9.59 Å². The number of ether oxygens (including phenoxy) is 2. The predicted molar refractivity (Wildman–Crippen MR) is 78.9 cm³/mol. The van der Waals surface area contributed by atoms with Gasteiger partial charge in [-0.25, -0.2) is 0 Å². The summed E-state index contributed by atoms with van der Waals surface area (Å²) in [6, 6.07) is 0. The van der Waals surface area contributed by atoms with Crippen LogP contribution in [0.3, 0.4) is 0 Å². The minimum atomic E-state index is -0.425. The lowest BCUT2D eigenvalue weighted by Crippen LogP contribution is -2.26. The van der Waals surface area contributed by atoms with E-state index in [0.29, 0.717) is 5.92 Å². The summed E-state index contributed by atoms with van der Waals surface area (Å²) in [6.45, 7) is 10.4. The van der Waals surface area contributed by atoms with E-state index in [1.165, 1.54) is 20.1 Å². The SMILES string of the molecule is C=CC(CC=COC(C)=O)CCCC(C)(C)OC(C)=O. The minimum Gasteiger partial charge on any atom is -0.460 e. The molecule has 4 heteroatoms. The van der Waals surface area contributed by atoms with Crippen molar-refractivity contribution < 1.29 is 19.1 Å². The topological polar surface area (TPSA) is 52.6 Å². The number of carbonyl (C=O) groups is 2. The van der Waals surface area contributed by atoms with Crippen molar-refractivity contribution in [1.29, 1.82) is 0 Å². The van der Waals surface area contributed by atoms with Crippen LogP contribution in [0, 0.1) is 5.92 Å². The predicted octanol–water partition coefficient (Wildman–Crippen LogP) is 3.77. The van der Waals surface area contributed by atoms with Crippen molar-refractivity contribution in [3.8, 4) is 0 Å². The van der Waals surface area contributed by atoms with Crippen molar-refractivity contribution in [1.82, 2.24) is 0 Å². The van der Waals surface area contributed by atoms with Crippen LogP contribution in [0.4, 0.5) is 0 Å². The lowest BCUT2D eigenvalue weighted by Gasteiger charge is -2.24. The zero-order valence-corrected chi connectivity index (χ0v) is 13.0. The van der Waals surface area contributed by atoms with Crippen molar-refractivity contribution in [2.24, 2.45) is 5.92 Å². The fourth-order valence-electron chi connectivity index (χ4n) is 1.94. The highest BCUT2D eigenvalue weighted by atomic mass is 16.6. The summed E-state index contributed by atoms with van der Waals surface area (Å²) < 4.78 is 9.97. The summed E-state index contributed by atoms with van der Waals surface area (Å²) in [5.74, 6) is -0.242. The van der Waals surface area contributed by atoms with Crippen LogP contribution in [0.1, 0.15) is 53.4 Å². The molecule has 0 bridgehead atoms. The van der Waals surface area contributed by atoms with Gasteiger partial charge in [-0.3, -0.25) is 9.59 Å². The Morgan fingerprint density at radius 3 is 2.40 bits per heavy atom. The van der Waals surface area contributed by atoms with Crippen LogP contribution in [-0.2, 0) is 19.1 Å². The quantitative estimate of drug-likeness (QED) is 0.367. The number of esters is 2. The largest absolute Gasteiger partial charge is 0.460 e. The number of hydrogen-bond donors (Lipinski definition) is 0. The van der Waals surface area contributed by atoms with Crippen molar-refractivity contribution >= 4 is 11.9 Å². The van der Waals surface area contributed by atoms with E-state index in [1.807, 2.05) is 26.0 Å². The van der Waals surface area contributed by atoms with Gasteiger partial charge in [-0.15, -0.1) is 6.58 Å². The molecule has 0 fully saturated rings. The fourth-order valence-corrected chi connectivity index (χ4v) is 1.94. The van der Waals surface area contributed by atoms with Gasteiger partial charge >= 0.3 is 11.9 Å². The zero-order valence-electron chi connectivity index (χ0n) is 13.0. The summed E-state index contributed by atoms with van der Waals surface area (Å²) in [7, 11) is 0. The molecule has 0 aromatic rings. The van der Waals surface area contributed by atoms with Crippen LogP contribution in [0.15, 0.2) is 25.0 Å². The highest BCUT2D eigenvalue weighted by Gasteiger charge is 2.20. The Kier molecular flexibility index (Phi) is 8.61. The molecule has 0 aliphatic heterocycles. The standard InChI is InChI=1S/C16H26O4/c1-6-15(10-8-12-19-13(2)17)9-7-11-16(4,5)20-14(3)18/h6,8,12,15H,1,7,9-11H2,2-5H3. The van der Waals surface area contributed by atoms with E-state index in [4.69, 9.17) is 9.47 Å². The fraction of sp³-hybridized carbons (Fsp3) is 0.625. The summed E-state index contributed by atoms with van der Waals surface area (Å²) in [6.07, 6.45) is 8.63. The van der Waals surface area contributed by atoms with Gasteiger partial charge in [-0.2, -0.15) is 0 Å². The molecule has 0 heterocycles. The Hall–Kier alpha value is -1.58. The highest BCUT2D eigenvalue weighted by molar-refractivity contribution is 5.66. The van der Waals surface area contributed by atoms with Crippen molar-refractivity contribution in [3.05, 3.63) is 25.0 Å². The van der Waals surface area contributed by atoms with Gasteiger partial charge in [0.2, 0.25) is 0 Å². The molecule has 0 aliphatic carbocycles. The summed E-state index contributed by atoms with van der Waals surface area (Å²) >= 11 is 0. The maximum Gasteiger partial charge on any atom is 0.307 e. The first kappa shape index (κ1) is 18.4. The molecule has 0 aromatic heterocycles. The third-order valence-corrected chi connectivity index (χ3v) is 2.88. The number of allylic oxidation sites excluding steroid dienone is 2. The normalized spacial score (nSPS) is 13.0. The molecule has 0 radical (unpaired) electrons. The Morgan fingerprint density at radius 1 is 1.25 bits per heavy atom. The van der Waals surface area contributed by atoms with Gasteiger partial charge in [-0.1, -0.05) is 6.08 Å². The average Bonchev–Trinajstić information content (AvgIpc) is 2.30. The second-order valence-corrected chi connectivity index (χ2v) is 5.46. The average molecular weight is 282 g/mol. The summed E-state index contributed by atoms with van der Waals surface area (Å²) in [4.78, 5) is 21.5. The number of carbonyl (C=O) groups excluding carboxylic acids is 2. The first-order valence-corrected chi connectivity index (χ1v) is 6.91. The van der Waals surface area contributed by atoms with E-state index in [1.54, 1.807) is 0 Å². The lowest BCUT2D eigenvalue weighted by molar-refractivity contribution is -0.154. The molecule has 20 heavy (non-hydrogen) atoms. The van der Waals surface area contributed by atoms with Crippen LogP contribution >= 0.6 is 0 Å². The molecule has 0 rings (SSSR count). The monoisotopic (exact) mass is 282 g/mol. The minimum absolute atomic E-state index is 0.250. The molecule has 1 atom stereocenters. The Bertz CT molecular complexity index is 355. The van der Waals surface area contributed by atoms with Crippen molar-refractivity contribution in [2.75, 3.05) is 0 Å². The third-order valence-electron chi connectivity index (χ3n) is 2.88. The van der Waals surface area contributed by atoms with E-state index in [0.717, 1.165) is 25.7 Å². The second-order valence-electron chi connectivity index (χ2n) is 5.46. The summed E-state index contributed by atoms with van der Waals surface area (Å²) in [5.41, 5.74) is -0.425.